The molecule has 0 saturated carbocycles. The predicted molar refractivity (Wildman–Crippen MR) is 94.8 cm³/mol. The summed E-state index contributed by atoms with van der Waals surface area (Å²) in [5.74, 6) is 0.134. The van der Waals surface area contributed by atoms with Crippen molar-refractivity contribution in [1.29, 1.82) is 0 Å². The van der Waals surface area contributed by atoms with Gasteiger partial charge in [0.15, 0.2) is 0 Å². The van der Waals surface area contributed by atoms with Crippen LogP contribution in [0.2, 0.25) is 0 Å². The molecule has 6 heteroatoms. The lowest BCUT2D eigenvalue weighted by Crippen LogP contribution is -2.25. The number of aromatic nitrogens is 3. The average Bonchev–Trinajstić information content (AvgIpc) is 3.06. The number of rotatable bonds is 4. The van der Waals surface area contributed by atoms with Crippen LogP contribution in [0.1, 0.15) is 42.2 Å². The molecule has 1 fully saturated rings. The van der Waals surface area contributed by atoms with E-state index in [-0.39, 0.29) is 11.9 Å². The lowest BCUT2D eigenvalue weighted by Gasteiger charge is -2.23. The van der Waals surface area contributed by atoms with E-state index in [9.17, 15) is 4.39 Å². The molecule has 1 aliphatic heterocycles. The zero-order valence-corrected chi connectivity index (χ0v) is 15.1. The smallest absolute Gasteiger partial charge is 0.213 e. The third kappa shape index (κ3) is 3.85. The fourth-order valence-corrected chi connectivity index (χ4v) is 3.12. The molecule has 3 rings (SSSR count). The Morgan fingerprint density at radius 2 is 2.08 bits per heavy atom. The van der Waals surface area contributed by atoms with Crippen molar-refractivity contribution >= 4 is 6.08 Å². The zero-order chi connectivity index (χ0) is 18.0. The predicted octanol–water partition coefficient (Wildman–Crippen LogP) is 3.49. The highest BCUT2D eigenvalue weighted by molar-refractivity contribution is 5.52. The summed E-state index contributed by atoms with van der Waals surface area (Å²) in [4.78, 5) is 15.4. The fraction of sp³-hybridized carbons (Fsp3) is 0.421. The number of nitrogens with zero attached hydrogens (tertiary/aromatic N) is 4. The molecule has 0 bridgehead atoms. The van der Waals surface area contributed by atoms with Gasteiger partial charge in [-0.1, -0.05) is 5.57 Å². The van der Waals surface area contributed by atoms with Crippen molar-refractivity contribution in [2.75, 3.05) is 20.2 Å². The number of halogens is 1. The van der Waals surface area contributed by atoms with Gasteiger partial charge in [0.2, 0.25) is 5.88 Å². The average molecular weight is 342 g/mol. The summed E-state index contributed by atoms with van der Waals surface area (Å²) in [5.41, 5.74) is 4.45. The molecule has 1 aliphatic rings. The monoisotopic (exact) mass is 342 g/mol. The number of methoxy groups -OCH3 is 1. The number of hydrogen-bond acceptors (Lipinski definition) is 5. The normalized spacial score (nSPS) is 17.9. The van der Waals surface area contributed by atoms with Gasteiger partial charge in [0.05, 0.1) is 35.9 Å². The van der Waals surface area contributed by atoms with E-state index >= 15 is 0 Å². The van der Waals surface area contributed by atoms with Gasteiger partial charge in [-0.15, -0.1) is 0 Å². The molecule has 132 valence electrons. The minimum atomic E-state index is -0.300. The van der Waals surface area contributed by atoms with Crippen molar-refractivity contribution in [3.63, 3.8) is 0 Å². The first kappa shape index (κ1) is 17.5. The van der Waals surface area contributed by atoms with E-state index < -0.39 is 0 Å². The van der Waals surface area contributed by atoms with Crippen LogP contribution in [0.15, 0.2) is 23.9 Å². The molecule has 0 N–H and O–H groups in total. The Morgan fingerprint density at radius 3 is 2.80 bits per heavy atom. The highest BCUT2D eigenvalue weighted by atomic mass is 19.1. The van der Waals surface area contributed by atoms with Crippen LogP contribution in [-0.2, 0) is 0 Å². The summed E-state index contributed by atoms with van der Waals surface area (Å²) < 4.78 is 19.3. The fourth-order valence-electron chi connectivity index (χ4n) is 3.12. The molecule has 1 saturated heterocycles. The van der Waals surface area contributed by atoms with E-state index in [1.54, 1.807) is 12.3 Å². The van der Waals surface area contributed by atoms with Crippen molar-refractivity contribution in [1.82, 2.24) is 19.9 Å². The second-order valence-corrected chi connectivity index (χ2v) is 6.40. The third-order valence-electron chi connectivity index (χ3n) is 4.57. The van der Waals surface area contributed by atoms with Gasteiger partial charge in [-0.3, -0.25) is 14.9 Å². The Morgan fingerprint density at radius 1 is 1.28 bits per heavy atom. The van der Waals surface area contributed by atoms with Crippen molar-refractivity contribution in [2.45, 2.75) is 33.2 Å². The maximum atomic E-state index is 14.2. The van der Waals surface area contributed by atoms with Crippen molar-refractivity contribution in [3.05, 3.63) is 52.5 Å². The molecule has 0 aliphatic carbocycles. The van der Waals surface area contributed by atoms with Gasteiger partial charge in [0.1, 0.15) is 5.82 Å². The lowest BCUT2D eigenvalue weighted by atomic mass is 10.1. The molecule has 25 heavy (non-hydrogen) atoms. The van der Waals surface area contributed by atoms with Crippen LogP contribution >= 0.6 is 0 Å². The second-order valence-electron chi connectivity index (χ2n) is 6.40. The third-order valence-corrected chi connectivity index (χ3v) is 4.57. The van der Waals surface area contributed by atoms with E-state index in [1.165, 1.54) is 18.7 Å². The first-order chi connectivity index (χ1) is 12.0. The van der Waals surface area contributed by atoms with Gasteiger partial charge in [-0.05, 0) is 39.3 Å². The summed E-state index contributed by atoms with van der Waals surface area (Å²) in [6.45, 7) is 7.52. The molecular formula is C19H23FN4O. The molecule has 0 spiro atoms. The second kappa shape index (κ2) is 7.27. The van der Waals surface area contributed by atoms with E-state index in [4.69, 9.17) is 4.74 Å². The van der Waals surface area contributed by atoms with Crippen molar-refractivity contribution in [2.24, 2.45) is 0 Å². The van der Waals surface area contributed by atoms with Gasteiger partial charge in [-0.2, -0.15) is 0 Å². The highest BCUT2D eigenvalue weighted by Crippen LogP contribution is 2.29. The van der Waals surface area contributed by atoms with E-state index in [0.717, 1.165) is 36.6 Å². The minimum Gasteiger partial charge on any atom is -0.481 e. The van der Waals surface area contributed by atoms with Crippen molar-refractivity contribution < 1.29 is 9.13 Å². The van der Waals surface area contributed by atoms with Crippen LogP contribution < -0.4 is 4.74 Å². The Bertz CT molecular complexity index is 806. The van der Waals surface area contributed by atoms with E-state index in [0.29, 0.717) is 11.6 Å². The molecule has 0 radical (unpaired) electrons. The molecular weight excluding hydrogens is 319 g/mol. The summed E-state index contributed by atoms with van der Waals surface area (Å²) in [5, 5.41) is 0. The maximum Gasteiger partial charge on any atom is 0.213 e. The first-order valence-electron chi connectivity index (χ1n) is 8.42. The molecule has 0 aromatic carbocycles. The van der Waals surface area contributed by atoms with Gasteiger partial charge in [-0.25, -0.2) is 9.37 Å². The van der Waals surface area contributed by atoms with Crippen LogP contribution in [0, 0.1) is 19.7 Å². The quantitative estimate of drug-likeness (QED) is 0.851. The summed E-state index contributed by atoms with van der Waals surface area (Å²) in [6, 6.07) is 2.83. The Labute approximate surface area is 147 Å². The number of aryl methyl sites for hydroxylation is 2. The van der Waals surface area contributed by atoms with E-state index in [1.807, 2.05) is 20.8 Å². The standard InChI is InChI=1S/C19H23FN4O/c1-12-10-21-17(13(2)22-12)9-15-7-8-24(11-15)14(3)19-16(20)5-6-18(23-19)25-4/h5-6,9-10,14H,7-8,11H2,1-4H3/b15-9+/t14-/m0/s1. The molecule has 0 unspecified atom stereocenters. The van der Waals surface area contributed by atoms with Gasteiger partial charge < -0.3 is 4.74 Å². The molecule has 5 nitrogen and oxygen atoms in total. The Hall–Kier alpha value is -2.34. The summed E-state index contributed by atoms with van der Waals surface area (Å²) in [6.07, 6.45) is 4.82. The largest absolute Gasteiger partial charge is 0.481 e. The summed E-state index contributed by atoms with van der Waals surface area (Å²) in [7, 11) is 1.54. The Kier molecular flexibility index (Phi) is 5.08. The number of ether oxygens (including phenoxy) is 1. The van der Waals surface area contributed by atoms with Gasteiger partial charge in [0.25, 0.3) is 0 Å². The van der Waals surface area contributed by atoms with Crippen LogP contribution in [0.3, 0.4) is 0 Å². The van der Waals surface area contributed by atoms with Crippen LogP contribution in [-0.4, -0.2) is 40.1 Å². The SMILES string of the molecule is COc1ccc(F)c([C@H](C)N2CC/C(=C\c3ncc(C)nc3C)C2)n1. The molecule has 2 aromatic heterocycles. The van der Waals surface area contributed by atoms with Crippen LogP contribution in [0.4, 0.5) is 4.39 Å². The number of pyridine rings is 1. The molecule has 3 heterocycles. The van der Waals surface area contributed by atoms with Crippen molar-refractivity contribution in [3.8, 4) is 5.88 Å². The minimum absolute atomic E-state index is 0.119. The van der Waals surface area contributed by atoms with Gasteiger partial charge in [0, 0.05) is 25.4 Å². The molecule has 0 amide bonds. The first-order valence-corrected chi connectivity index (χ1v) is 8.42. The maximum absolute atomic E-state index is 14.2. The summed E-state index contributed by atoms with van der Waals surface area (Å²) >= 11 is 0. The zero-order valence-electron chi connectivity index (χ0n) is 15.1. The van der Waals surface area contributed by atoms with Gasteiger partial charge >= 0.3 is 0 Å². The lowest BCUT2D eigenvalue weighted by molar-refractivity contribution is 0.254. The number of hydrogen-bond donors (Lipinski definition) is 0. The molecule has 1 atom stereocenters. The Balaban J connectivity index is 1.77. The topological polar surface area (TPSA) is 51.1 Å². The van der Waals surface area contributed by atoms with Crippen LogP contribution in [0.25, 0.3) is 6.08 Å². The number of likely N-dealkylation sites (tertiary alicyclic amines) is 1. The highest BCUT2D eigenvalue weighted by Gasteiger charge is 2.26. The van der Waals surface area contributed by atoms with Crippen LogP contribution in [0.5, 0.6) is 5.88 Å². The molecule has 2 aromatic rings. The van der Waals surface area contributed by atoms with E-state index in [2.05, 4.69) is 25.9 Å².